The Morgan fingerprint density at radius 2 is 2.17 bits per heavy atom. The first kappa shape index (κ1) is 13.8. The van der Waals surface area contributed by atoms with Gasteiger partial charge < -0.3 is 14.8 Å². The van der Waals surface area contributed by atoms with Gasteiger partial charge in [-0.2, -0.15) is 0 Å². The monoisotopic (exact) mass is 325 g/mol. The van der Waals surface area contributed by atoms with E-state index in [1.165, 1.54) is 11.8 Å². The molecule has 7 heteroatoms. The molecule has 23 heavy (non-hydrogen) atoms. The molecule has 114 valence electrons. The Hall–Kier alpha value is -2.80. The van der Waals surface area contributed by atoms with Gasteiger partial charge in [0, 0.05) is 6.20 Å². The zero-order chi connectivity index (χ0) is 15.6. The fourth-order valence-electron chi connectivity index (χ4n) is 2.17. The van der Waals surface area contributed by atoms with E-state index in [1.54, 1.807) is 24.5 Å². The number of amidine groups is 1. The molecule has 0 aliphatic carbocycles. The largest absolute Gasteiger partial charge is 0.454 e. The third kappa shape index (κ3) is 2.91. The molecule has 2 aliphatic rings. The topological polar surface area (TPSA) is 72.8 Å². The van der Waals surface area contributed by atoms with Gasteiger partial charge in [0.15, 0.2) is 16.7 Å². The van der Waals surface area contributed by atoms with Crippen molar-refractivity contribution in [1.29, 1.82) is 0 Å². The average molecular weight is 325 g/mol. The van der Waals surface area contributed by atoms with Crippen LogP contribution in [0.4, 0.5) is 5.69 Å². The van der Waals surface area contributed by atoms with Crippen LogP contribution >= 0.6 is 11.8 Å². The number of ether oxygens (including phenoxy) is 2. The zero-order valence-corrected chi connectivity index (χ0v) is 12.7. The normalized spacial score (nSPS) is 19.4. The van der Waals surface area contributed by atoms with E-state index >= 15 is 0 Å². The number of nitrogens with one attached hydrogen (secondary N) is 1. The number of carbonyl (C=O) groups is 1. The van der Waals surface area contributed by atoms with Gasteiger partial charge in [0.25, 0.3) is 5.91 Å². The highest BCUT2D eigenvalue weighted by molar-refractivity contribution is 8.18. The predicted octanol–water partition coefficient (Wildman–Crippen LogP) is 2.70. The van der Waals surface area contributed by atoms with Crippen LogP contribution in [-0.2, 0) is 4.79 Å². The molecular weight excluding hydrogens is 314 g/mol. The molecule has 1 fully saturated rings. The van der Waals surface area contributed by atoms with E-state index in [4.69, 9.17) is 9.47 Å². The summed E-state index contributed by atoms with van der Waals surface area (Å²) in [6.07, 6.45) is 5.11. The second-order valence-corrected chi connectivity index (χ2v) is 5.84. The summed E-state index contributed by atoms with van der Waals surface area (Å²) < 4.78 is 10.6. The van der Waals surface area contributed by atoms with Crippen molar-refractivity contribution in [2.75, 3.05) is 6.79 Å². The Balaban J connectivity index is 1.58. The van der Waals surface area contributed by atoms with E-state index in [1.807, 2.05) is 24.3 Å². The molecule has 0 unspecified atom stereocenters. The van der Waals surface area contributed by atoms with Crippen LogP contribution in [0, 0.1) is 0 Å². The number of hydrogen-bond acceptors (Lipinski definition) is 6. The minimum atomic E-state index is -0.171. The number of fused-ring (bicyclic) bond motifs is 1. The molecule has 2 aliphatic heterocycles. The maximum atomic E-state index is 12.1. The summed E-state index contributed by atoms with van der Waals surface area (Å²) in [5.74, 6) is 1.23. The summed E-state index contributed by atoms with van der Waals surface area (Å²) in [4.78, 5) is 21.0. The van der Waals surface area contributed by atoms with E-state index in [9.17, 15) is 4.79 Å². The van der Waals surface area contributed by atoms with Gasteiger partial charge in [-0.05, 0) is 47.7 Å². The van der Waals surface area contributed by atoms with Gasteiger partial charge in [0.05, 0.1) is 16.8 Å². The molecule has 1 aromatic carbocycles. The van der Waals surface area contributed by atoms with Gasteiger partial charge in [-0.1, -0.05) is 6.07 Å². The molecule has 1 aromatic heterocycles. The number of hydrogen-bond donors (Lipinski definition) is 1. The van der Waals surface area contributed by atoms with E-state index < -0.39 is 0 Å². The number of aliphatic imine (C=N–C) groups is 1. The molecule has 1 N–H and O–H groups in total. The van der Waals surface area contributed by atoms with Crippen molar-refractivity contribution < 1.29 is 14.3 Å². The number of thioether (sulfide) groups is 1. The summed E-state index contributed by atoms with van der Waals surface area (Å²) in [6, 6.07) is 9.18. The number of pyridine rings is 1. The van der Waals surface area contributed by atoms with Crippen LogP contribution in [0.2, 0.25) is 0 Å². The molecule has 6 nitrogen and oxygen atoms in total. The van der Waals surface area contributed by atoms with Gasteiger partial charge >= 0.3 is 0 Å². The fraction of sp³-hybridized carbons (Fsp3) is 0.0625. The van der Waals surface area contributed by atoms with Crippen LogP contribution in [0.5, 0.6) is 11.5 Å². The van der Waals surface area contributed by atoms with Gasteiger partial charge in [0.1, 0.15) is 0 Å². The first-order valence-electron chi connectivity index (χ1n) is 6.87. The lowest BCUT2D eigenvalue weighted by Crippen LogP contribution is -2.19. The molecule has 0 bridgehead atoms. The summed E-state index contributed by atoms with van der Waals surface area (Å²) in [7, 11) is 0. The SMILES string of the molecule is O=C1NC(=Nc2cccnc2)S/C1=C/c1ccc2c(c1)OCO2. The summed E-state index contributed by atoms with van der Waals surface area (Å²) >= 11 is 1.29. The smallest absolute Gasteiger partial charge is 0.264 e. The predicted molar refractivity (Wildman–Crippen MR) is 87.6 cm³/mol. The van der Waals surface area contributed by atoms with E-state index in [-0.39, 0.29) is 12.7 Å². The number of nitrogens with zero attached hydrogens (tertiary/aromatic N) is 2. The Morgan fingerprint density at radius 3 is 3.04 bits per heavy atom. The van der Waals surface area contributed by atoms with Crippen molar-refractivity contribution in [3.63, 3.8) is 0 Å². The highest BCUT2D eigenvalue weighted by atomic mass is 32.2. The summed E-state index contributed by atoms with van der Waals surface area (Å²) in [6.45, 7) is 0.229. The fourth-order valence-corrected chi connectivity index (χ4v) is 3.01. The van der Waals surface area contributed by atoms with Crippen molar-refractivity contribution in [1.82, 2.24) is 10.3 Å². The number of benzene rings is 1. The number of amides is 1. The first-order valence-corrected chi connectivity index (χ1v) is 7.69. The highest BCUT2D eigenvalue weighted by Crippen LogP contribution is 2.34. The zero-order valence-electron chi connectivity index (χ0n) is 11.9. The molecule has 2 aromatic rings. The highest BCUT2D eigenvalue weighted by Gasteiger charge is 2.24. The average Bonchev–Trinajstić information content (AvgIpc) is 3.15. The van der Waals surface area contributed by atoms with Crippen molar-refractivity contribution >= 4 is 34.6 Å². The molecular formula is C16H11N3O3S. The Kier molecular flexibility index (Phi) is 3.47. The second-order valence-electron chi connectivity index (χ2n) is 4.81. The molecule has 0 atom stereocenters. The first-order chi connectivity index (χ1) is 11.3. The van der Waals surface area contributed by atoms with Crippen LogP contribution in [0.15, 0.2) is 52.6 Å². The van der Waals surface area contributed by atoms with Gasteiger partial charge in [-0.3, -0.25) is 9.78 Å². The van der Waals surface area contributed by atoms with Crippen molar-refractivity contribution in [2.45, 2.75) is 0 Å². The van der Waals surface area contributed by atoms with Crippen LogP contribution in [0.3, 0.4) is 0 Å². The van der Waals surface area contributed by atoms with E-state index in [2.05, 4.69) is 15.3 Å². The van der Waals surface area contributed by atoms with E-state index in [0.717, 1.165) is 11.3 Å². The van der Waals surface area contributed by atoms with Gasteiger partial charge in [-0.25, -0.2) is 4.99 Å². The lowest BCUT2D eigenvalue weighted by atomic mass is 10.2. The Morgan fingerprint density at radius 1 is 1.26 bits per heavy atom. The van der Waals surface area contributed by atoms with Gasteiger partial charge in [0.2, 0.25) is 6.79 Å². The van der Waals surface area contributed by atoms with Crippen LogP contribution < -0.4 is 14.8 Å². The lowest BCUT2D eigenvalue weighted by Gasteiger charge is -1.98. The molecule has 4 rings (SSSR count). The lowest BCUT2D eigenvalue weighted by molar-refractivity contribution is -0.115. The van der Waals surface area contributed by atoms with Crippen molar-refractivity contribution in [3.8, 4) is 11.5 Å². The minimum Gasteiger partial charge on any atom is -0.454 e. The third-order valence-electron chi connectivity index (χ3n) is 3.22. The maximum absolute atomic E-state index is 12.1. The standard InChI is InChI=1S/C16H11N3O3S/c20-15-14(7-10-3-4-12-13(6-10)22-9-21-12)23-16(19-15)18-11-2-1-5-17-8-11/h1-8H,9H2,(H,18,19,20)/b14-7+. The Labute approximate surface area is 136 Å². The minimum absolute atomic E-state index is 0.171. The quantitative estimate of drug-likeness (QED) is 0.860. The van der Waals surface area contributed by atoms with Crippen LogP contribution in [-0.4, -0.2) is 22.9 Å². The van der Waals surface area contributed by atoms with E-state index in [0.29, 0.717) is 21.5 Å². The summed E-state index contributed by atoms with van der Waals surface area (Å²) in [5.41, 5.74) is 1.56. The molecule has 0 radical (unpaired) electrons. The number of carbonyl (C=O) groups excluding carboxylic acids is 1. The molecule has 1 saturated heterocycles. The second kappa shape index (κ2) is 5.77. The molecule has 0 saturated carbocycles. The molecule has 3 heterocycles. The van der Waals surface area contributed by atoms with Crippen molar-refractivity contribution in [2.24, 2.45) is 4.99 Å². The van der Waals surface area contributed by atoms with Crippen LogP contribution in [0.1, 0.15) is 5.56 Å². The maximum Gasteiger partial charge on any atom is 0.264 e. The molecule has 0 spiro atoms. The van der Waals surface area contributed by atoms with Gasteiger partial charge in [-0.15, -0.1) is 0 Å². The summed E-state index contributed by atoms with van der Waals surface area (Å²) in [5, 5.41) is 3.28. The molecule has 1 amide bonds. The van der Waals surface area contributed by atoms with Crippen molar-refractivity contribution in [3.05, 3.63) is 53.2 Å². The number of rotatable bonds is 2. The Bertz CT molecular complexity index is 834. The third-order valence-corrected chi connectivity index (χ3v) is 4.13. The van der Waals surface area contributed by atoms with Crippen LogP contribution in [0.25, 0.3) is 6.08 Å². The number of aromatic nitrogens is 1.